The van der Waals surface area contributed by atoms with Gasteiger partial charge in [0.05, 0.1) is 5.69 Å². The molecule has 1 rings (SSSR count). The fraction of sp³-hybridized carbons (Fsp3) is 0.286. The van der Waals surface area contributed by atoms with E-state index in [0.29, 0.717) is 5.69 Å². The predicted molar refractivity (Wildman–Crippen MR) is 78.6 cm³/mol. The monoisotopic (exact) mass is 306 g/mol. The number of nitrogens with one attached hydrogen (secondary N) is 2. The van der Waals surface area contributed by atoms with Gasteiger partial charge in [-0.2, -0.15) is 0 Å². The highest BCUT2D eigenvalue weighted by Gasteiger charge is 2.19. The van der Waals surface area contributed by atoms with Gasteiger partial charge in [0, 0.05) is 6.54 Å². The summed E-state index contributed by atoms with van der Waals surface area (Å²) in [6, 6.07) is 3.72. The zero-order valence-corrected chi connectivity index (χ0v) is 12.3. The second-order valence-electron chi connectivity index (χ2n) is 4.41. The van der Waals surface area contributed by atoms with Gasteiger partial charge < -0.3 is 21.5 Å². The fourth-order valence-electron chi connectivity index (χ4n) is 1.50. The lowest BCUT2D eigenvalue weighted by Crippen LogP contribution is -2.42. The molecule has 0 aliphatic carbocycles. The van der Waals surface area contributed by atoms with E-state index >= 15 is 0 Å². The summed E-state index contributed by atoms with van der Waals surface area (Å²) in [6.07, 6.45) is 1.37. The van der Waals surface area contributed by atoms with Crippen LogP contribution in [0.15, 0.2) is 30.0 Å². The van der Waals surface area contributed by atoms with Gasteiger partial charge in [0.25, 0.3) is 11.8 Å². The van der Waals surface area contributed by atoms with Gasteiger partial charge >= 0.3 is 5.97 Å². The van der Waals surface area contributed by atoms with Gasteiger partial charge in [-0.05, 0) is 26.0 Å². The maximum absolute atomic E-state index is 12.1. The van der Waals surface area contributed by atoms with Crippen molar-refractivity contribution >= 4 is 17.8 Å². The molecular weight excluding hydrogens is 288 g/mol. The Kier molecular flexibility index (Phi) is 6.21. The van der Waals surface area contributed by atoms with E-state index in [1.54, 1.807) is 19.1 Å². The Balaban J connectivity index is 2.79. The van der Waals surface area contributed by atoms with Crippen LogP contribution in [-0.4, -0.2) is 33.9 Å². The van der Waals surface area contributed by atoms with Gasteiger partial charge in [-0.15, -0.1) is 0 Å². The molecule has 1 aromatic rings. The Hall–Kier alpha value is -2.74. The number of carbonyl (C=O) groups excluding carboxylic acids is 2. The smallest absolute Gasteiger partial charge is 0.325 e. The first-order chi connectivity index (χ1) is 10.4. The third-order valence-electron chi connectivity index (χ3n) is 2.75. The average molecular weight is 306 g/mol. The Morgan fingerprint density at radius 3 is 2.64 bits per heavy atom. The number of amides is 2. The normalized spacial score (nSPS) is 12.4. The summed E-state index contributed by atoms with van der Waals surface area (Å²) < 4.78 is 0. The largest absolute Gasteiger partial charge is 0.480 e. The Morgan fingerprint density at radius 2 is 2.09 bits per heavy atom. The van der Waals surface area contributed by atoms with E-state index in [-0.39, 0.29) is 17.9 Å². The average Bonchev–Trinajstić information content (AvgIpc) is 2.51. The number of allylic oxidation sites excluding steroid dienone is 1. The molecule has 0 saturated heterocycles. The molecule has 0 radical (unpaired) electrons. The second kappa shape index (κ2) is 7.89. The van der Waals surface area contributed by atoms with Crippen molar-refractivity contribution in [1.82, 2.24) is 15.6 Å². The van der Waals surface area contributed by atoms with Crippen LogP contribution in [0, 0.1) is 0 Å². The van der Waals surface area contributed by atoms with E-state index in [1.807, 2.05) is 0 Å². The summed E-state index contributed by atoms with van der Waals surface area (Å²) >= 11 is 0. The van der Waals surface area contributed by atoms with Crippen molar-refractivity contribution in [1.29, 1.82) is 0 Å². The van der Waals surface area contributed by atoms with Crippen LogP contribution in [0.5, 0.6) is 0 Å². The Morgan fingerprint density at radius 1 is 1.41 bits per heavy atom. The van der Waals surface area contributed by atoms with Gasteiger partial charge in [-0.3, -0.25) is 14.4 Å². The number of aromatic nitrogens is 1. The first-order valence-electron chi connectivity index (χ1n) is 6.56. The summed E-state index contributed by atoms with van der Waals surface area (Å²) in [4.78, 5) is 38.7. The first-order valence-corrected chi connectivity index (χ1v) is 6.56. The Labute approximate surface area is 127 Å². The number of pyridine rings is 1. The maximum atomic E-state index is 12.1. The van der Waals surface area contributed by atoms with Crippen LogP contribution in [0.4, 0.5) is 0 Å². The summed E-state index contributed by atoms with van der Waals surface area (Å²) in [6.45, 7) is 3.06. The molecule has 0 aromatic carbocycles. The quantitative estimate of drug-likeness (QED) is 0.536. The van der Waals surface area contributed by atoms with Crippen LogP contribution < -0.4 is 16.4 Å². The molecule has 1 atom stereocenters. The Bertz CT molecular complexity index is 613. The third-order valence-corrected chi connectivity index (χ3v) is 2.75. The molecular formula is C14H18N4O4. The predicted octanol–water partition coefficient (Wildman–Crippen LogP) is -0.237. The maximum Gasteiger partial charge on any atom is 0.325 e. The minimum absolute atomic E-state index is 0.0574. The highest BCUT2D eigenvalue weighted by molar-refractivity contribution is 6.02. The van der Waals surface area contributed by atoms with Crippen LogP contribution in [-0.2, 0) is 16.1 Å². The molecule has 0 aliphatic heterocycles. The van der Waals surface area contributed by atoms with E-state index in [4.69, 9.17) is 10.8 Å². The van der Waals surface area contributed by atoms with Crippen molar-refractivity contribution < 1.29 is 19.5 Å². The lowest BCUT2D eigenvalue weighted by Gasteiger charge is -2.12. The van der Waals surface area contributed by atoms with E-state index in [0.717, 1.165) is 0 Å². The molecule has 2 amide bonds. The van der Waals surface area contributed by atoms with E-state index in [9.17, 15) is 14.4 Å². The number of carboxylic acid groups (broad SMARTS) is 1. The van der Waals surface area contributed by atoms with Gasteiger partial charge in [0.1, 0.15) is 17.4 Å². The van der Waals surface area contributed by atoms with Crippen LogP contribution in [0.3, 0.4) is 0 Å². The number of aliphatic carboxylic acids is 1. The molecule has 1 aromatic heterocycles. The van der Waals surface area contributed by atoms with Gasteiger partial charge in [-0.1, -0.05) is 12.1 Å². The highest BCUT2D eigenvalue weighted by Crippen LogP contribution is 2.01. The summed E-state index contributed by atoms with van der Waals surface area (Å²) in [5.74, 6) is -2.45. The van der Waals surface area contributed by atoms with Crippen molar-refractivity contribution in [2.45, 2.75) is 26.4 Å². The van der Waals surface area contributed by atoms with Crippen molar-refractivity contribution in [2.24, 2.45) is 5.73 Å². The number of carbonyl (C=O) groups is 3. The van der Waals surface area contributed by atoms with Crippen LogP contribution in [0.1, 0.15) is 30.0 Å². The molecule has 1 heterocycles. The van der Waals surface area contributed by atoms with Gasteiger partial charge in [0.15, 0.2) is 0 Å². The molecule has 8 nitrogen and oxygen atoms in total. The van der Waals surface area contributed by atoms with Crippen molar-refractivity contribution in [3.8, 4) is 0 Å². The van der Waals surface area contributed by atoms with E-state index in [2.05, 4.69) is 15.6 Å². The van der Waals surface area contributed by atoms with Crippen LogP contribution >= 0.6 is 0 Å². The molecule has 0 aliphatic rings. The van der Waals surface area contributed by atoms with E-state index in [1.165, 1.54) is 19.1 Å². The minimum atomic E-state index is -1.17. The molecule has 0 bridgehead atoms. The molecule has 0 spiro atoms. The lowest BCUT2D eigenvalue weighted by atomic mass is 10.2. The van der Waals surface area contributed by atoms with E-state index < -0.39 is 23.8 Å². The molecule has 5 N–H and O–H groups in total. The number of nitrogens with zero attached hydrogens (tertiary/aromatic N) is 1. The number of nitrogens with two attached hydrogens (primary N) is 1. The lowest BCUT2D eigenvalue weighted by molar-refractivity contribution is -0.140. The van der Waals surface area contributed by atoms with Crippen molar-refractivity contribution in [3.05, 3.63) is 41.4 Å². The molecule has 8 heteroatoms. The molecule has 118 valence electrons. The fourth-order valence-corrected chi connectivity index (χ4v) is 1.50. The summed E-state index contributed by atoms with van der Waals surface area (Å²) in [5, 5.41) is 13.4. The van der Waals surface area contributed by atoms with Crippen LogP contribution in [0.25, 0.3) is 0 Å². The topological polar surface area (TPSA) is 134 Å². The molecule has 22 heavy (non-hydrogen) atoms. The third kappa shape index (κ3) is 4.67. The van der Waals surface area contributed by atoms with Gasteiger partial charge in [0.2, 0.25) is 0 Å². The zero-order valence-electron chi connectivity index (χ0n) is 12.3. The van der Waals surface area contributed by atoms with Crippen LogP contribution in [0.2, 0.25) is 0 Å². The standard InChI is InChI=1S/C14H18N4O4/c1-3-10(12(19)16-8(2)14(21)22)18-13(20)11-6-4-5-9(7-15)17-11/h3-6,8H,7,15H2,1-2H3,(H,16,19)(H,18,20)(H,21,22)/b10-3-/t8-/m0/s1. The van der Waals surface area contributed by atoms with Crippen molar-refractivity contribution in [3.63, 3.8) is 0 Å². The second-order valence-corrected chi connectivity index (χ2v) is 4.41. The SMILES string of the molecule is C/C=C(\NC(=O)c1cccc(CN)n1)C(=O)N[C@@H](C)C(=O)O. The first kappa shape index (κ1) is 17.3. The number of carboxylic acids is 1. The molecule has 0 unspecified atom stereocenters. The summed E-state index contributed by atoms with van der Waals surface area (Å²) in [5.41, 5.74) is 6.05. The number of hydrogen-bond acceptors (Lipinski definition) is 5. The summed E-state index contributed by atoms with van der Waals surface area (Å²) in [7, 11) is 0. The van der Waals surface area contributed by atoms with Gasteiger partial charge in [-0.25, -0.2) is 4.98 Å². The molecule has 0 saturated carbocycles. The number of hydrogen-bond donors (Lipinski definition) is 4. The zero-order chi connectivity index (χ0) is 16.7. The minimum Gasteiger partial charge on any atom is -0.480 e. The number of rotatable bonds is 6. The molecule has 0 fully saturated rings. The van der Waals surface area contributed by atoms with Crippen molar-refractivity contribution in [2.75, 3.05) is 0 Å². The highest BCUT2D eigenvalue weighted by atomic mass is 16.4.